The van der Waals surface area contributed by atoms with E-state index >= 15 is 0 Å². The van der Waals surface area contributed by atoms with Gasteiger partial charge in [0.25, 0.3) is 0 Å². The summed E-state index contributed by atoms with van der Waals surface area (Å²) in [7, 11) is 0. The molecule has 4 fully saturated rings. The molecule has 0 atom stereocenters. The molecular weight excluding hydrogens is 240 g/mol. The van der Waals surface area contributed by atoms with Crippen LogP contribution in [0.3, 0.4) is 0 Å². The van der Waals surface area contributed by atoms with Crippen LogP contribution in [0.5, 0.6) is 0 Å². The molecule has 0 radical (unpaired) electrons. The Hall–Kier alpha value is -0.830. The molecule has 2 nitrogen and oxygen atoms in total. The Morgan fingerprint density at radius 3 is 2.39 bits per heavy atom. The van der Waals surface area contributed by atoms with Crippen LogP contribution in [0, 0.1) is 17.8 Å². The van der Waals surface area contributed by atoms with Gasteiger partial charge in [-0.1, -0.05) is 0 Å². The zero-order chi connectivity index (χ0) is 11.7. The van der Waals surface area contributed by atoms with Crippen LogP contribution in [0.25, 0.3) is 4.96 Å². The van der Waals surface area contributed by atoms with Gasteiger partial charge in [-0.2, -0.15) is 0 Å². The molecule has 2 aromatic heterocycles. The van der Waals surface area contributed by atoms with Crippen LogP contribution >= 0.6 is 11.3 Å². The molecule has 18 heavy (non-hydrogen) atoms. The van der Waals surface area contributed by atoms with Gasteiger partial charge >= 0.3 is 0 Å². The number of nitrogens with zero attached hydrogens (tertiary/aromatic N) is 2. The van der Waals surface area contributed by atoms with Gasteiger partial charge in [-0.3, -0.25) is 4.40 Å². The number of rotatable bonds is 1. The Morgan fingerprint density at radius 2 is 1.78 bits per heavy atom. The van der Waals surface area contributed by atoms with Crippen LogP contribution < -0.4 is 0 Å². The number of fused-ring (bicyclic) bond motifs is 1. The van der Waals surface area contributed by atoms with Crippen LogP contribution in [-0.4, -0.2) is 9.38 Å². The molecule has 3 heteroatoms. The van der Waals surface area contributed by atoms with Gasteiger partial charge in [-0.05, 0) is 56.3 Å². The van der Waals surface area contributed by atoms with Crippen molar-refractivity contribution in [1.29, 1.82) is 0 Å². The van der Waals surface area contributed by atoms with Gasteiger partial charge in [-0.25, -0.2) is 4.98 Å². The molecule has 4 bridgehead atoms. The first-order valence-corrected chi connectivity index (χ1v) is 8.11. The van der Waals surface area contributed by atoms with Crippen LogP contribution in [0.4, 0.5) is 0 Å². The molecule has 0 aliphatic heterocycles. The Morgan fingerprint density at radius 1 is 1.11 bits per heavy atom. The smallest absolute Gasteiger partial charge is 0.193 e. The lowest BCUT2D eigenvalue weighted by Gasteiger charge is -2.56. The molecular formula is C15H18N2S. The average Bonchev–Trinajstić information content (AvgIpc) is 2.86. The van der Waals surface area contributed by atoms with Gasteiger partial charge in [0.15, 0.2) is 4.96 Å². The highest BCUT2D eigenvalue weighted by atomic mass is 32.1. The van der Waals surface area contributed by atoms with Crippen molar-refractivity contribution in [3.8, 4) is 0 Å². The molecule has 2 aromatic rings. The Bertz CT molecular complexity index is 545. The number of imidazole rings is 1. The molecule has 4 aliphatic rings. The third-order valence-corrected chi connectivity index (χ3v) is 6.45. The minimum atomic E-state index is 0.459. The fourth-order valence-electron chi connectivity index (χ4n) is 5.41. The third kappa shape index (κ3) is 1.21. The van der Waals surface area contributed by atoms with E-state index in [-0.39, 0.29) is 0 Å². The predicted molar refractivity (Wildman–Crippen MR) is 72.9 cm³/mol. The second-order valence-corrected chi connectivity index (χ2v) is 7.79. The van der Waals surface area contributed by atoms with Crippen molar-refractivity contribution in [2.75, 3.05) is 0 Å². The highest BCUT2D eigenvalue weighted by Gasteiger charge is 2.52. The summed E-state index contributed by atoms with van der Waals surface area (Å²) in [5.74, 6) is 3.03. The SMILES string of the molecule is c1cn2cc(C34CC5CC(CC(C5)C3)C4)nc2s1. The van der Waals surface area contributed by atoms with E-state index in [1.165, 1.54) is 49.2 Å². The Kier molecular flexibility index (Phi) is 1.77. The maximum atomic E-state index is 4.94. The maximum absolute atomic E-state index is 4.94. The highest BCUT2D eigenvalue weighted by Crippen LogP contribution is 2.60. The van der Waals surface area contributed by atoms with Gasteiger partial charge in [0.2, 0.25) is 0 Å². The first kappa shape index (κ1) is 10.0. The van der Waals surface area contributed by atoms with E-state index in [2.05, 4.69) is 22.2 Å². The van der Waals surface area contributed by atoms with Crippen molar-refractivity contribution in [3.05, 3.63) is 23.5 Å². The van der Waals surface area contributed by atoms with E-state index in [9.17, 15) is 0 Å². The Balaban J connectivity index is 1.64. The molecule has 4 aliphatic carbocycles. The molecule has 4 saturated carbocycles. The molecule has 0 saturated heterocycles. The van der Waals surface area contributed by atoms with Crippen molar-refractivity contribution in [3.63, 3.8) is 0 Å². The standard InChI is InChI=1S/C15H18N2S/c1-2-18-14-16-13(9-17(1)14)15-6-10-3-11(7-15)5-12(4-10)8-15/h1-2,9-12H,3-8H2. The molecule has 94 valence electrons. The topological polar surface area (TPSA) is 17.3 Å². The van der Waals surface area contributed by atoms with E-state index in [0.29, 0.717) is 5.41 Å². The lowest BCUT2D eigenvalue weighted by molar-refractivity contribution is -0.00696. The maximum Gasteiger partial charge on any atom is 0.193 e. The quantitative estimate of drug-likeness (QED) is 0.759. The van der Waals surface area contributed by atoms with Crippen molar-refractivity contribution < 1.29 is 0 Å². The average molecular weight is 258 g/mol. The second-order valence-electron chi connectivity index (χ2n) is 6.92. The summed E-state index contributed by atoms with van der Waals surface area (Å²) < 4.78 is 2.22. The molecule has 0 N–H and O–H groups in total. The summed E-state index contributed by atoms with van der Waals surface area (Å²) in [5.41, 5.74) is 1.87. The number of hydrogen-bond acceptors (Lipinski definition) is 2. The summed E-state index contributed by atoms with van der Waals surface area (Å²) >= 11 is 1.76. The molecule has 0 aromatic carbocycles. The van der Waals surface area contributed by atoms with Gasteiger partial charge in [0.1, 0.15) is 0 Å². The van der Waals surface area contributed by atoms with Gasteiger partial charge in [0.05, 0.1) is 5.69 Å². The summed E-state index contributed by atoms with van der Waals surface area (Å²) in [4.78, 5) is 6.13. The van der Waals surface area contributed by atoms with Gasteiger partial charge in [-0.15, -0.1) is 11.3 Å². The lowest BCUT2D eigenvalue weighted by atomic mass is 9.49. The number of aromatic nitrogens is 2. The van der Waals surface area contributed by atoms with Crippen LogP contribution in [0.1, 0.15) is 44.2 Å². The zero-order valence-corrected chi connectivity index (χ0v) is 11.3. The molecule has 0 spiro atoms. The van der Waals surface area contributed by atoms with Crippen molar-refractivity contribution >= 4 is 16.3 Å². The van der Waals surface area contributed by atoms with E-state index < -0.39 is 0 Å². The van der Waals surface area contributed by atoms with Crippen LogP contribution in [0.15, 0.2) is 17.8 Å². The van der Waals surface area contributed by atoms with Gasteiger partial charge in [0, 0.05) is 23.2 Å². The first-order valence-electron chi connectivity index (χ1n) is 7.23. The summed E-state index contributed by atoms with van der Waals surface area (Å²) in [6.45, 7) is 0. The molecule has 6 rings (SSSR count). The highest BCUT2D eigenvalue weighted by molar-refractivity contribution is 7.15. The van der Waals surface area contributed by atoms with Crippen LogP contribution in [0.2, 0.25) is 0 Å². The molecule has 0 amide bonds. The predicted octanol–water partition coefficient (Wildman–Crippen LogP) is 3.86. The molecule has 2 heterocycles. The van der Waals surface area contributed by atoms with E-state index in [0.717, 1.165) is 17.8 Å². The number of thiazole rings is 1. The van der Waals surface area contributed by atoms with E-state index in [1.54, 1.807) is 11.3 Å². The lowest BCUT2D eigenvalue weighted by Crippen LogP contribution is -2.48. The van der Waals surface area contributed by atoms with E-state index in [4.69, 9.17) is 4.98 Å². The largest absolute Gasteiger partial charge is 0.297 e. The van der Waals surface area contributed by atoms with Gasteiger partial charge < -0.3 is 0 Å². The van der Waals surface area contributed by atoms with E-state index in [1.807, 2.05) is 0 Å². The third-order valence-electron chi connectivity index (χ3n) is 5.67. The fourth-order valence-corrected chi connectivity index (χ4v) is 6.11. The monoisotopic (exact) mass is 258 g/mol. The minimum Gasteiger partial charge on any atom is -0.297 e. The number of hydrogen-bond donors (Lipinski definition) is 0. The minimum absolute atomic E-state index is 0.459. The second kappa shape index (κ2) is 3.19. The van der Waals surface area contributed by atoms with Crippen LogP contribution in [-0.2, 0) is 5.41 Å². The summed E-state index contributed by atoms with van der Waals surface area (Å²) in [5, 5.41) is 2.13. The summed E-state index contributed by atoms with van der Waals surface area (Å²) in [6.07, 6.45) is 13.3. The van der Waals surface area contributed by atoms with Crippen molar-refractivity contribution in [2.45, 2.75) is 43.9 Å². The molecule has 0 unspecified atom stereocenters. The zero-order valence-electron chi connectivity index (χ0n) is 10.5. The Labute approximate surface area is 111 Å². The van der Waals surface area contributed by atoms with Crippen molar-refractivity contribution in [2.24, 2.45) is 17.8 Å². The van der Waals surface area contributed by atoms with Crippen molar-refractivity contribution in [1.82, 2.24) is 9.38 Å². The summed E-state index contributed by atoms with van der Waals surface area (Å²) in [6, 6.07) is 0. The fraction of sp³-hybridized carbons (Fsp3) is 0.667. The first-order chi connectivity index (χ1) is 8.81. The normalized spacial score (nSPS) is 41.9.